The Hall–Kier alpha value is -3.34. The number of carbonyl (C=O) groups excluding carboxylic acids is 1. The molecule has 7 nitrogen and oxygen atoms in total. The summed E-state index contributed by atoms with van der Waals surface area (Å²) in [4.78, 5) is 12.5. The van der Waals surface area contributed by atoms with Gasteiger partial charge in [-0.05, 0) is 43.3 Å². The van der Waals surface area contributed by atoms with Crippen LogP contribution in [0.1, 0.15) is 47.1 Å². The van der Waals surface area contributed by atoms with Crippen LogP contribution in [0.4, 0.5) is 24.5 Å². The second kappa shape index (κ2) is 8.65. The highest BCUT2D eigenvalue weighted by Gasteiger charge is 2.31. The third-order valence-corrected chi connectivity index (χ3v) is 5.86. The molecule has 0 saturated carbocycles. The number of alkyl halides is 3. The molecule has 2 aromatic carbocycles. The minimum Gasteiger partial charge on any atom is -0.360 e. The number of hydrogen-bond donors (Lipinski definition) is 2. The average molecular weight is 467 g/mol. The molecule has 0 aliphatic carbocycles. The number of halogens is 3. The Balaban J connectivity index is 1.84. The fourth-order valence-corrected chi connectivity index (χ4v) is 4.06. The molecule has 32 heavy (non-hydrogen) atoms. The third-order valence-electron chi connectivity index (χ3n) is 4.48. The number of benzene rings is 2. The topological polar surface area (TPSA) is 101 Å². The molecule has 170 valence electrons. The summed E-state index contributed by atoms with van der Waals surface area (Å²) in [5, 5.41) is 6.41. The summed E-state index contributed by atoms with van der Waals surface area (Å²) in [6.45, 7) is 5.29. The van der Waals surface area contributed by atoms with Crippen LogP contribution < -0.4 is 10.0 Å². The average Bonchev–Trinajstić information content (AvgIpc) is 3.09. The van der Waals surface area contributed by atoms with Crippen molar-refractivity contribution in [3.63, 3.8) is 0 Å². The monoisotopic (exact) mass is 467 g/mol. The van der Waals surface area contributed by atoms with E-state index in [2.05, 4.69) is 15.2 Å². The lowest BCUT2D eigenvalue weighted by Crippen LogP contribution is -2.16. The number of sulfonamides is 1. The standard InChI is InChI=1S/C21H20F3N3O4S/c1-12(2)19-18(13(3)26-31-19)20(28)25-15-7-5-9-17(11-15)32(29,30)27-16-8-4-6-14(10-16)21(22,23)24/h4-12,27H,1-3H3,(H,25,28). The number of rotatable bonds is 6. The number of carbonyl (C=O) groups is 1. The van der Waals surface area contributed by atoms with Crippen molar-refractivity contribution >= 4 is 27.3 Å². The van der Waals surface area contributed by atoms with E-state index < -0.39 is 27.7 Å². The number of hydrogen-bond acceptors (Lipinski definition) is 5. The molecule has 2 N–H and O–H groups in total. The lowest BCUT2D eigenvalue weighted by molar-refractivity contribution is -0.137. The Morgan fingerprint density at radius 1 is 1.06 bits per heavy atom. The highest BCUT2D eigenvalue weighted by molar-refractivity contribution is 7.92. The largest absolute Gasteiger partial charge is 0.416 e. The summed E-state index contributed by atoms with van der Waals surface area (Å²) in [5.41, 5.74) is -0.395. The molecule has 1 heterocycles. The van der Waals surface area contributed by atoms with E-state index in [9.17, 15) is 26.4 Å². The molecule has 3 rings (SSSR count). The zero-order valence-corrected chi connectivity index (χ0v) is 18.1. The first-order chi connectivity index (χ1) is 14.9. The van der Waals surface area contributed by atoms with E-state index in [4.69, 9.17) is 4.52 Å². The summed E-state index contributed by atoms with van der Waals surface area (Å²) in [6, 6.07) is 9.20. The number of aromatic nitrogens is 1. The van der Waals surface area contributed by atoms with Crippen molar-refractivity contribution in [2.24, 2.45) is 0 Å². The molecule has 0 atom stereocenters. The lowest BCUT2D eigenvalue weighted by atomic mass is 10.0. The predicted molar refractivity (Wildman–Crippen MR) is 112 cm³/mol. The minimum absolute atomic E-state index is 0.0969. The molecule has 0 spiro atoms. The molecule has 0 radical (unpaired) electrons. The van der Waals surface area contributed by atoms with Crippen molar-refractivity contribution in [1.82, 2.24) is 5.16 Å². The van der Waals surface area contributed by atoms with Crippen LogP contribution in [0.15, 0.2) is 57.9 Å². The maximum Gasteiger partial charge on any atom is 0.416 e. The van der Waals surface area contributed by atoms with Crippen LogP contribution in [0.2, 0.25) is 0 Å². The van der Waals surface area contributed by atoms with Gasteiger partial charge in [-0.2, -0.15) is 13.2 Å². The zero-order valence-electron chi connectivity index (χ0n) is 17.3. The SMILES string of the molecule is Cc1noc(C(C)C)c1C(=O)Nc1cccc(S(=O)(=O)Nc2cccc(C(F)(F)F)c2)c1. The van der Waals surface area contributed by atoms with Crippen LogP contribution in [0, 0.1) is 6.92 Å². The molecule has 11 heteroatoms. The van der Waals surface area contributed by atoms with Gasteiger partial charge < -0.3 is 9.84 Å². The van der Waals surface area contributed by atoms with E-state index >= 15 is 0 Å². The fourth-order valence-electron chi connectivity index (χ4n) is 2.97. The van der Waals surface area contributed by atoms with E-state index in [0.717, 1.165) is 12.1 Å². The zero-order chi connectivity index (χ0) is 23.7. The van der Waals surface area contributed by atoms with Gasteiger partial charge in [0.05, 0.1) is 16.2 Å². The second-order valence-electron chi connectivity index (χ2n) is 7.33. The van der Waals surface area contributed by atoms with Gasteiger partial charge in [0, 0.05) is 17.3 Å². The Bertz CT molecular complexity index is 1250. The first kappa shape index (κ1) is 23.3. The maximum absolute atomic E-state index is 12.9. The molecule has 3 aromatic rings. The number of aryl methyl sites for hydroxylation is 1. The second-order valence-corrected chi connectivity index (χ2v) is 9.01. The summed E-state index contributed by atoms with van der Waals surface area (Å²) in [7, 11) is -4.22. The van der Waals surface area contributed by atoms with Gasteiger partial charge in [0.1, 0.15) is 5.56 Å². The Morgan fingerprint density at radius 3 is 2.38 bits per heavy atom. The van der Waals surface area contributed by atoms with Gasteiger partial charge >= 0.3 is 6.18 Å². The molecule has 1 aromatic heterocycles. The maximum atomic E-state index is 12.9. The van der Waals surface area contributed by atoms with Crippen molar-refractivity contribution in [3.8, 4) is 0 Å². The van der Waals surface area contributed by atoms with E-state index in [1.165, 1.54) is 30.3 Å². The molecule has 0 bridgehead atoms. The lowest BCUT2D eigenvalue weighted by Gasteiger charge is -2.12. The van der Waals surface area contributed by atoms with E-state index in [1.54, 1.807) is 6.92 Å². The molecule has 1 amide bonds. The first-order valence-corrected chi connectivity index (χ1v) is 10.9. The highest BCUT2D eigenvalue weighted by atomic mass is 32.2. The summed E-state index contributed by atoms with van der Waals surface area (Å²) >= 11 is 0. The Kier molecular flexibility index (Phi) is 6.31. The predicted octanol–water partition coefficient (Wildman–Crippen LogP) is 5.18. The molecular formula is C21H20F3N3O4S. The summed E-state index contributed by atoms with van der Waals surface area (Å²) in [6.07, 6.45) is -4.61. The molecular weight excluding hydrogens is 447 g/mol. The van der Waals surface area contributed by atoms with E-state index in [0.29, 0.717) is 17.5 Å². The van der Waals surface area contributed by atoms with Crippen molar-refractivity contribution in [2.45, 2.75) is 37.8 Å². The van der Waals surface area contributed by atoms with Gasteiger partial charge in [-0.15, -0.1) is 0 Å². The third kappa shape index (κ3) is 5.10. The highest BCUT2D eigenvalue weighted by Crippen LogP contribution is 2.31. The Morgan fingerprint density at radius 2 is 1.72 bits per heavy atom. The van der Waals surface area contributed by atoms with Crippen molar-refractivity contribution in [2.75, 3.05) is 10.0 Å². The van der Waals surface area contributed by atoms with Crippen LogP contribution in [0.5, 0.6) is 0 Å². The smallest absolute Gasteiger partial charge is 0.360 e. The van der Waals surface area contributed by atoms with Crippen LogP contribution in [0.25, 0.3) is 0 Å². The van der Waals surface area contributed by atoms with Crippen molar-refractivity contribution in [1.29, 1.82) is 0 Å². The van der Waals surface area contributed by atoms with Gasteiger partial charge in [0.2, 0.25) is 0 Å². The fraction of sp³-hybridized carbons (Fsp3) is 0.238. The van der Waals surface area contributed by atoms with Gasteiger partial charge in [-0.3, -0.25) is 9.52 Å². The number of amides is 1. The molecule has 0 unspecified atom stereocenters. The van der Waals surface area contributed by atoms with Gasteiger partial charge in [0.15, 0.2) is 5.76 Å². The van der Waals surface area contributed by atoms with Gasteiger partial charge in [-0.1, -0.05) is 31.1 Å². The molecule has 0 saturated heterocycles. The van der Waals surface area contributed by atoms with E-state index in [1.807, 2.05) is 13.8 Å². The number of nitrogens with one attached hydrogen (secondary N) is 2. The van der Waals surface area contributed by atoms with E-state index in [-0.39, 0.29) is 27.8 Å². The van der Waals surface area contributed by atoms with Gasteiger partial charge in [-0.25, -0.2) is 8.42 Å². The summed E-state index contributed by atoms with van der Waals surface area (Å²) < 4.78 is 71.4. The minimum atomic E-state index is -4.61. The van der Waals surface area contributed by atoms with Gasteiger partial charge in [0.25, 0.3) is 15.9 Å². The van der Waals surface area contributed by atoms with Crippen LogP contribution in [-0.4, -0.2) is 19.5 Å². The van der Waals surface area contributed by atoms with Crippen LogP contribution >= 0.6 is 0 Å². The van der Waals surface area contributed by atoms with Crippen molar-refractivity contribution in [3.05, 3.63) is 71.1 Å². The number of anilines is 2. The molecule has 0 aliphatic rings. The first-order valence-electron chi connectivity index (χ1n) is 9.46. The van der Waals surface area contributed by atoms with Crippen LogP contribution in [0.3, 0.4) is 0 Å². The molecule has 0 fully saturated rings. The normalized spacial score (nSPS) is 12.1. The Labute approximate surface area is 182 Å². The number of nitrogens with zero attached hydrogens (tertiary/aromatic N) is 1. The molecule has 0 aliphatic heterocycles. The van der Waals surface area contributed by atoms with Crippen molar-refractivity contribution < 1.29 is 30.9 Å². The quantitative estimate of drug-likeness (QED) is 0.520. The van der Waals surface area contributed by atoms with Crippen LogP contribution in [-0.2, 0) is 16.2 Å². The summed E-state index contributed by atoms with van der Waals surface area (Å²) in [5.74, 6) is -0.219.